The maximum Gasteiger partial charge on any atom is 0.239 e. The van der Waals surface area contributed by atoms with Crippen LogP contribution in [0.1, 0.15) is 25.0 Å². The molecule has 2 saturated heterocycles. The fourth-order valence-electron chi connectivity index (χ4n) is 4.02. The van der Waals surface area contributed by atoms with E-state index in [9.17, 15) is 10.1 Å². The summed E-state index contributed by atoms with van der Waals surface area (Å²) >= 11 is 0. The Morgan fingerprint density at radius 1 is 1.23 bits per heavy atom. The first kappa shape index (κ1) is 18.8. The van der Waals surface area contributed by atoms with E-state index in [1.165, 1.54) is 0 Å². The molecule has 2 heterocycles. The van der Waals surface area contributed by atoms with Crippen LogP contribution in [0, 0.1) is 17.2 Å². The number of hydrazine groups is 1. The maximum atomic E-state index is 12.8. The van der Waals surface area contributed by atoms with Crippen LogP contribution in [-0.4, -0.2) is 60.0 Å². The van der Waals surface area contributed by atoms with Crippen LogP contribution < -0.4 is 16.6 Å². The summed E-state index contributed by atoms with van der Waals surface area (Å²) in [5.41, 5.74) is 14.4. The van der Waals surface area contributed by atoms with Crippen LogP contribution in [0.2, 0.25) is 0 Å². The SMILES string of the molecule is CC1NNC(C)C1C(N)C(=O)N1CCN(Cc2ccccc2C#N)CC1. The molecule has 1 amide bonds. The lowest BCUT2D eigenvalue weighted by molar-refractivity contribution is -0.135. The van der Waals surface area contributed by atoms with Gasteiger partial charge in [0.05, 0.1) is 17.7 Å². The van der Waals surface area contributed by atoms with Crippen molar-refractivity contribution in [3.63, 3.8) is 0 Å². The Kier molecular flexibility index (Phi) is 5.89. The van der Waals surface area contributed by atoms with Crippen LogP contribution in [0.3, 0.4) is 0 Å². The molecular weight excluding hydrogens is 328 g/mol. The highest BCUT2D eigenvalue weighted by molar-refractivity contribution is 5.82. The zero-order valence-corrected chi connectivity index (χ0v) is 15.5. The summed E-state index contributed by atoms with van der Waals surface area (Å²) in [6.45, 7) is 7.80. The standard InChI is InChI=1S/C19H28N6O/c1-13-17(14(2)23-22-13)18(21)19(26)25-9-7-24(8-10-25)12-16-6-4-3-5-15(16)11-20/h3-6,13-14,17-18,22-23H,7-10,12,21H2,1-2H3. The Morgan fingerprint density at radius 2 is 1.85 bits per heavy atom. The number of carbonyl (C=O) groups is 1. The van der Waals surface area contributed by atoms with Crippen molar-refractivity contribution in [3.8, 4) is 6.07 Å². The molecule has 7 heteroatoms. The fourth-order valence-corrected chi connectivity index (χ4v) is 4.02. The van der Waals surface area contributed by atoms with Crippen LogP contribution >= 0.6 is 0 Å². The first-order valence-electron chi connectivity index (χ1n) is 9.27. The number of benzene rings is 1. The lowest BCUT2D eigenvalue weighted by Gasteiger charge is -2.37. The molecule has 1 aromatic carbocycles. The second-order valence-corrected chi connectivity index (χ2v) is 7.34. The first-order valence-corrected chi connectivity index (χ1v) is 9.27. The van der Waals surface area contributed by atoms with Gasteiger partial charge in [0, 0.05) is 50.7 Å². The van der Waals surface area contributed by atoms with Crippen molar-refractivity contribution in [2.24, 2.45) is 11.7 Å². The van der Waals surface area contributed by atoms with Gasteiger partial charge in [-0.3, -0.25) is 20.5 Å². The van der Waals surface area contributed by atoms with Crippen molar-refractivity contribution in [2.75, 3.05) is 26.2 Å². The predicted molar refractivity (Wildman–Crippen MR) is 99.7 cm³/mol. The molecule has 7 nitrogen and oxygen atoms in total. The van der Waals surface area contributed by atoms with Crippen molar-refractivity contribution in [3.05, 3.63) is 35.4 Å². The minimum atomic E-state index is -0.492. The van der Waals surface area contributed by atoms with E-state index in [0.29, 0.717) is 13.1 Å². The monoisotopic (exact) mass is 356 g/mol. The first-order chi connectivity index (χ1) is 12.5. The number of nitriles is 1. The van der Waals surface area contributed by atoms with Gasteiger partial charge < -0.3 is 10.6 Å². The third-order valence-electron chi connectivity index (χ3n) is 5.61. The van der Waals surface area contributed by atoms with E-state index in [1.54, 1.807) is 0 Å². The Labute approximate surface area is 155 Å². The third kappa shape index (κ3) is 3.89. The Balaban J connectivity index is 1.55. The second kappa shape index (κ2) is 8.14. The van der Waals surface area contributed by atoms with Crippen molar-refractivity contribution >= 4 is 5.91 Å². The Hall–Kier alpha value is -1.98. The van der Waals surface area contributed by atoms with Crippen molar-refractivity contribution in [1.82, 2.24) is 20.7 Å². The highest BCUT2D eigenvalue weighted by Gasteiger charge is 2.39. The lowest BCUT2D eigenvalue weighted by atomic mass is 9.88. The van der Waals surface area contributed by atoms with Crippen molar-refractivity contribution < 1.29 is 4.79 Å². The minimum absolute atomic E-state index is 0.0382. The average molecular weight is 356 g/mol. The van der Waals surface area contributed by atoms with E-state index in [4.69, 9.17) is 5.73 Å². The molecule has 140 valence electrons. The number of rotatable bonds is 4. The number of nitrogens with two attached hydrogens (primary N) is 1. The highest BCUT2D eigenvalue weighted by atomic mass is 16.2. The molecule has 0 radical (unpaired) electrons. The minimum Gasteiger partial charge on any atom is -0.339 e. The molecular formula is C19H28N6O. The number of nitrogens with one attached hydrogen (secondary N) is 2. The van der Waals surface area contributed by atoms with Crippen molar-refractivity contribution in [1.29, 1.82) is 5.26 Å². The largest absolute Gasteiger partial charge is 0.339 e. The van der Waals surface area contributed by atoms with E-state index >= 15 is 0 Å². The maximum absolute atomic E-state index is 12.8. The van der Waals surface area contributed by atoms with E-state index in [-0.39, 0.29) is 23.9 Å². The zero-order chi connectivity index (χ0) is 18.7. The molecule has 4 N–H and O–H groups in total. The normalized spacial score (nSPS) is 27.9. The summed E-state index contributed by atoms with van der Waals surface area (Å²) in [5, 5.41) is 9.22. The average Bonchev–Trinajstić information content (AvgIpc) is 3.00. The summed E-state index contributed by atoms with van der Waals surface area (Å²) in [6.07, 6.45) is 0. The number of hydrogen-bond acceptors (Lipinski definition) is 6. The van der Waals surface area contributed by atoms with Gasteiger partial charge >= 0.3 is 0 Å². The zero-order valence-electron chi connectivity index (χ0n) is 15.5. The van der Waals surface area contributed by atoms with E-state index in [1.807, 2.05) is 29.2 Å². The highest BCUT2D eigenvalue weighted by Crippen LogP contribution is 2.20. The number of nitrogens with zero attached hydrogens (tertiary/aromatic N) is 3. The topological polar surface area (TPSA) is 97.4 Å². The molecule has 0 aliphatic carbocycles. The molecule has 0 bridgehead atoms. The molecule has 2 fully saturated rings. The van der Waals surface area contributed by atoms with Crippen molar-refractivity contribution in [2.45, 2.75) is 38.5 Å². The summed E-state index contributed by atoms with van der Waals surface area (Å²) < 4.78 is 0. The molecule has 0 saturated carbocycles. The molecule has 3 rings (SSSR count). The molecule has 3 unspecified atom stereocenters. The molecule has 2 aliphatic rings. The van der Waals surface area contributed by atoms with Crippen LogP contribution in [0.15, 0.2) is 24.3 Å². The van der Waals surface area contributed by atoms with Gasteiger partial charge in [0.2, 0.25) is 5.91 Å². The van der Waals surface area contributed by atoms with Crippen LogP contribution in [0.25, 0.3) is 0 Å². The summed E-state index contributed by atoms with van der Waals surface area (Å²) in [6, 6.07) is 9.79. The van der Waals surface area contributed by atoms with E-state index in [0.717, 1.165) is 30.8 Å². The predicted octanol–water partition coefficient (Wildman–Crippen LogP) is 0.0308. The second-order valence-electron chi connectivity index (χ2n) is 7.34. The fraction of sp³-hybridized carbons (Fsp3) is 0.579. The Bertz CT molecular complexity index is 669. The van der Waals surface area contributed by atoms with Gasteiger partial charge in [-0.15, -0.1) is 0 Å². The molecule has 26 heavy (non-hydrogen) atoms. The van der Waals surface area contributed by atoms with Gasteiger partial charge in [-0.05, 0) is 25.5 Å². The number of amides is 1. The quantitative estimate of drug-likeness (QED) is 0.704. The molecule has 2 aliphatic heterocycles. The molecule has 0 aromatic heterocycles. The molecule has 0 spiro atoms. The van der Waals surface area contributed by atoms with Crippen LogP contribution in [-0.2, 0) is 11.3 Å². The van der Waals surface area contributed by atoms with Gasteiger partial charge in [-0.2, -0.15) is 5.26 Å². The van der Waals surface area contributed by atoms with E-state index < -0.39 is 6.04 Å². The summed E-state index contributed by atoms with van der Waals surface area (Å²) in [7, 11) is 0. The number of carbonyl (C=O) groups excluding carboxylic acids is 1. The smallest absolute Gasteiger partial charge is 0.239 e. The molecule has 3 atom stereocenters. The van der Waals surface area contributed by atoms with E-state index in [2.05, 4.69) is 35.7 Å². The molecule has 1 aromatic rings. The van der Waals surface area contributed by atoms with Crippen LogP contribution in [0.5, 0.6) is 0 Å². The van der Waals surface area contributed by atoms with Crippen LogP contribution in [0.4, 0.5) is 0 Å². The number of hydrogen-bond donors (Lipinski definition) is 3. The Morgan fingerprint density at radius 3 is 2.46 bits per heavy atom. The van der Waals surface area contributed by atoms with Gasteiger partial charge in [-0.25, -0.2) is 0 Å². The van der Waals surface area contributed by atoms with Gasteiger partial charge in [0.15, 0.2) is 0 Å². The third-order valence-corrected chi connectivity index (χ3v) is 5.61. The van der Waals surface area contributed by atoms with Gasteiger partial charge in [0.25, 0.3) is 0 Å². The summed E-state index contributed by atoms with van der Waals surface area (Å²) in [5.74, 6) is 0.124. The summed E-state index contributed by atoms with van der Waals surface area (Å²) in [4.78, 5) is 17.0. The number of piperazine rings is 1. The van der Waals surface area contributed by atoms with Gasteiger partial charge in [0.1, 0.15) is 0 Å². The van der Waals surface area contributed by atoms with Gasteiger partial charge in [-0.1, -0.05) is 18.2 Å². The lowest BCUT2D eigenvalue weighted by Crippen LogP contribution is -2.56.